The Bertz CT molecular complexity index is 154. The highest BCUT2D eigenvalue weighted by atomic mass is 15.2. The summed E-state index contributed by atoms with van der Waals surface area (Å²) in [6.45, 7) is 13.0. The van der Waals surface area contributed by atoms with Gasteiger partial charge < -0.3 is 10.2 Å². The summed E-state index contributed by atoms with van der Waals surface area (Å²) in [6, 6.07) is 0.656. The van der Waals surface area contributed by atoms with Crippen LogP contribution in [-0.4, -0.2) is 37.1 Å². The standard InChI is InChI=1S/C10H20N2/c1-9(2)4-6-12-7-5-11-10(3)8-12/h10-11H,1,4-8H2,2-3H3/t10-/m0/s1. The molecule has 1 saturated heterocycles. The maximum absolute atomic E-state index is 3.92. The molecule has 0 aliphatic carbocycles. The summed E-state index contributed by atoms with van der Waals surface area (Å²) in [5, 5.41) is 3.44. The van der Waals surface area contributed by atoms with Crippen LogP contribution in [0.3, 0.4) is 0 Å². The number of rotatable bonds is 3. The van der Waals surface area contributed by atoms with Crippen molar-refractivity contribution in [2.45, 2.75) is 26.3 Å². The van der Waals surface area contributed by atoms with Crippen LogP contribution < -0.4 is 5.32 Å². The van der Waals surface area contributed by atoms with Crippen molar-refractivity contribution in [3.8, 4) is 0 Å². The topological polar surface area (TPSA) is 15.3 Å². The molecular formula is C10H20N2. The molecule has 0 saturated carbocycles. The summed E-state index contributed by atoms with van der Waals surface area (Å²) in [4.78, 5) is 2.51. The predicted molar refractivity (Wildman–Crippen MR) is 53.3 cm³/mol. The second kappa shape index (κ2) is 4.63. The second-order valence-corrected chi connectivity index (χ2v) is 3.86. The molecule has 0 aromatic carbocycles. The number of nitrogens with one attached hydrogen (secondary N) is 1. The van der Waals surface area contributed by atoms with Gasteiger partial charge in [-0.15, -0.1) is 6.58 Å². The van der Waals surface area contributed by atoms with E-state index in [0.717, 1.165) is 13.0 Å². The Hall–Kier alpha value is -0.340. The van der Waals surface area contributed by atoms with Gasteiger partial charge >= 0.3 is 0 Å². The third kappa shape index (κ3) is 3.37. The van der Waals surface area contributed by atoms with E-state index in [2.05, 4.69) is 30.6 Å². The van der Waals surface area contributed by atoms with Gasteiger partial charge in [-0.05, 0) is 20.3 Å². The minimum atomic E-state index is 0.656. The molecule has 0 aromatic heterocycles. The van der Waals surface area contributed by atoms with Crippen LogP contribution in [0.15, 0.2) is 12.2 Å². The van der Waals surface area contributed by atoms with Gasteiger partial charge in [0, 0.05) is 32.2 Å². The minimum Gasteiger partial charge on any atom is -0.312 e. The molecule has 1 rings (SSSR count). The molecule has 12 heavy (non-hydrogen) atoms. The molecule has 0 radical (unpaired) electrons. The molecule has 1 aliphatic rings. The molecule has 0 spiro atoms. The first-order chi connectivity index (χ1) is 5.68. The van der Waals surface area contributed by atoms with Gasteiger partial charge in [0.2, 0.25) is 0 Å². The second-order valence-electron chi connectivity index (χ2n) is 3.86. The third-order valence-electron chi connectivity index (χ3n) is 2.31. The van der Waals surface area contributed by atoms with Gasteiger partial charge in [-0.2, -0.15) is 0 Å². The number of hydrogen-bond donors (Lipinski definition) is 1. The maximum atomic E-state index is 3.92. The molecule has 0 unspecified atom stereocenters. The molecule has 1 fully saturated rings. The van der Waals surface area contributed by atoms with Crippen molar-refractivity contribution in [1.29, 1.82) is 0 Å². The van der Waals surface area contributed by atoms with Crippen molar-refractivity contribution in [2.24, 2.45) is 0 Å². The van der Waals surface area contributed by atoms with Crippen molar-refractivity contribution in [3.63, 3.8) is 0 Å². The van der Waals surface area contributed by atoms with E-state index in [4.69, 9.17) is 0 Å². The number of hydrogen-bond acceptors (Lipinski definition) is 2. The Labute approximate surface area is 75.6 Å². The minimum absolute atomic E-state index is 0.656. The molecule has 1 aliphatic heterocycles. The predicted octanol–water partition coefficient (Wildman–Crippen LogP) is 1.25. The SMILES string of the molecule is C=C(C)CCN1CCN[C@@H](C)C1. The molecule has 1 heterocycles. The fraction of sp³-hybridized carbons (Fsp3) is 0.800. The van der Waals surface area contributed by atoms with Crippen molar-refractivity contribution in [3.05, 3.63) is 12.2 Å². The highest BCUT2D eigenvalue weighted by molar-refractivity contribution is 4.89. The van der Waals surface area contributed by atoms with Crippen molar-refractivity contribution in [2.75, 3.05) is 26.2 Å². The van der Waals surface area contributed by atoms with Crippen LogP contribution in [0.5, 0.6) is 0 Å². The van der Waals surface area contributed by atoms with Crippen molar-refractivity contribution >= 4 is 0 Å². The molecule has 2 nitrogen and oxygen atoms in total. The lowest BCUT2D eigenvalue weighted by molar-refractivity contribution is 0.209. The number of nitrogens with zero attached hydrogens (tertiary/aromatic N) is 1. The summed E-state index contributed by atoms with van der Waals surface area (Å²) < 4.78 is 0. The van der Waals surface area contributed by atoms with E-state index in [1.807, 2.05) is 0 Å². The van der Waals surface area contributed by atoms with Crippen LogP contribution in [0.2, 0.25) is 0 Å². The van der Waals surface area contributed by atoms with Gasteiger partial charge in [0.05, 0.1) is 0 Å². The molecule has 2 heteroatoms. The molecule has 0 aromatic rings. The van der Waals surface area contributed by atoms with E-state index in [0.29, 0.717) is 6.04 Å². The fourth-order valence-corrected chi connectivity index (χ4v) is 1.56. The smallest absolute Gasteiger partial charge is 0.0167 e. The van der Waals surface area contributed by atoms with Gasteiger partial charge in [0.25, 0.3) is 0 Å². The maximum Gasteiger partial charge on any atom is 0.0167 e. The quantitative estimate of drug-likeness (QED) is 0.638. The first-order valence-electron chi connectivity index (χ1n) is 4.78. The normalized spacial score (nSPS) is 25.7. The van der Waals surface area contributed by atoms with E-state index < -0.39 is 0 Å². The van der Waals surface area contributed by atoms with Crippen LogP contribution in [0.4, 0.5) is 0 Å². The first kappa shape index (κ1) is 9.75. The van der Waals surface area contributed by atoms with E-state index in [9.17, 15) is 0 Å². The van der Waals surface area contributed by atoms with Gasteiger partial charge in [-0.3, -0.25) is 0 Å². The summed E-state index contributed by atoms with van der Waals surface area (Å²) in [5.41, 5.74) is 1.29. The largest absolute Gasteiger partial charge is 0.312 e. The summed E-state index contributed by atoms with van der Waals surface area (Å²) in [7, 11) is 0. The Balaban J connectivity index is 2.18. The van der Waals surface area contributed by atoms with Crippen LogP contribution in [-0.2, 0) is 0 Å². The Kier molecular flexibility index (Phi) is 3.76. The van der Waals surface area contributed by atoms with Gasteiger partial charge in [0.15, 0.2) is 0 Å². The van der Waals surface area contributed by atoms with Crippen LogP contribution in [0.25, 0.3) is 0 Å². The molecule has 70 valence electrons. The van der Waals surface area contributed by atoms with Gasteiger partial charge in [-0.1, -0.05) is 5.57 Å². The fourth-order valence-electron chi connectivity index (χ4n) is 1.56. The molecular weight excluding hydrogens is 148 g/mol. The zero-order valence-corrected chi connectivity index (χ0v) is 8.27. The van der Waals surface area contributed by atoms with E-state index in [1.165, 1.54) is 25.2 Å². The average molecular weight is 168 g/mol. The lowest BCUT2D eigenvalue weighted by Gasteiger charge is -2.31. The monoisotopic (exact) mass is 168 g/mol. The zero-order valence-electron chi connectivity index (χ0n) is 8.27. The van der Waals surface area contributed by atoms with Crippen LogP contribution in [0, 0.1) is 0 Å². The molecule has 1 atom stereocenters. The van der Waals surface area contributed by atoms with E-state index >= 15 is 0 Å². The average Bonchev–Trinajstić information content (AvgIpc) is 2.01. The summed E-state index contributed by atoms with van der Waals surface area (Å²) >= 11 is 0. The van der Waals surface area contributed by atoms with Crippen molar-refractivity contribution in [1.82, 2.24) is 10.2 Å². The molecule has 0 bridgehead atoms. The van der Waals surface area contributed by atoms with E-state index in [-0.39, 0.29) is 0 Å². The first-order valence-corrected chi connectivity index (χ1v) is 4.78. The van der Waals surface area contributed by atoms with Gasteiger partial charge in [0.1, 0.15) is 0 Å². The lowest BCUT2D eigenvalue weighted by Crippen LogP contribution is -2.49. The molecule has 0 amide bonds. The number of piperazine rings is 1. The Morgan fingerprint density at radius 2 is 2.42 bits per heavy atom. The van der Waals surface area contributed by atoms with Crippen LogP contribution >= 0.6 is 0 Å². The Morgan fingerprint density at radius 3 is 3.00 bits per heavy atom. The third-order valence-corrected chi connectivity index (χ3v) is 2.31. The van der Waals surface area contributed by atoms with Crippen molar-refractivity contribution < 1.29 is 0 Å². The van der Waals surface area contributed by atoms with Gasteiger partial charge in [-0.25, -0.2) is 0 Å². The zero-order chi connectivity index (χ0) is 8.97. The van der Waals surface area contributed by atoms with Crippen LogP contribution in [0.1, 0.15) is 20.3 Å². The highest BCUT2D eigenvalue weighted by Gasteiger charge is 2.14. The molecule has 1 N–H and O–H groups in total. The Morgan fingerprint density at radius 1 is 1.67 bits per heavy atom. The highest BCUT2D eigenvalue weighted by Crippen LogP contribution is 2.02. The van der Waals surface area contributed by atoms with E-state index in [1.54, 1.807) is 0 Å². The lowest BCUT2D eigenvalue weighted by atomic mass is 10.2. The summed E-state index contributed by atoms with van der Waals surface area (Å²) in [5.74, 6) is 0. The summed E-state index contributed by atoms with van der Waals surface area (Å²) in [6.07, 6.45) is 1.15.